The van der Waals surface area contributed by atoms with Crippen LogP contribution in [0.5, 0.6) is 0 Å². The number of esters is 1. The molecule has 0 radical (unpaired) electrons. The van der Waals surface area contributed by atoms with Gasteiger partial charge in [-0.05, 0) is 23.8 Å². The number of terminal acetylenes is 1. The Morgan fingerprint density at radius 3 is 2.50 bits per heavy atom. The molecule has 2 N–H and O–H groups in total. The number of nitrogens with one attached hydrogen (secondary N) is 2. The average molecular weight is 400 g/mol. The van der Waals surface area contributed by atoms with Gasteiger partial charge in [-0.15, -0.1) is 6.42 Å². The van der Waals surface area contributed by atoms with Crippen molar-refractivity contribution in [2.75, 3.05) is 13.7 Å². The Morgan fingerprint density at radius 1 is 1.14 bits per heavy atom. The fraction of sp³-hybridized carbons (Fsp3) is 0.200. The highest BCUT2D eigenvalue weighted by Crippen LogP contribution is 2.19. The lowest BCUT2D eigenvalue weighted by Crippen LogP contribution is -2.31. The Kier molecular flexibility index (Phi) is 7.32. The Morgan fingerprint density at radius 2 is 1.86 bits per heavy atom. The molecule has 7 nitrogen and oxygen atoms in total. The lowest BCUT2D eigenvalue weighted by molar-refractivity contribution is -0.141. The Hall–Kier alpha value is -3.15. The minimum Gasteiger partial charge on any atom is -0.469 e. The molecule has 2 rings (SSSR count). The maximum atomic E-state index is 12.7. The maximum absolute atomic E-state index is 12.7. The van der Waals surface area contributed by atoms with E-state index in [9.17, 15) is 18.0 Å². The molecule has 2 aromatic rings. The molecule has 0 aliphatic rings. The van der Waals surface area contributed by atoms with Gasteiger partial charge in [-0.25, -0.2) is 8.42 Å². The second kappa shape index (κ2) is 9.69. The van der Waals surface area contributed by atoms with Gasteiger partial charge >= 0.3 is 5.97 Å². The topological polar surface area (TPSA) is 102 Å². The summed E-state index contributed by atoms with van der Waals surface area (Å²) < 4.78 is 31.3. The van der Waals surface area contributed by atoms with Gasteiger partial charge < -0.3 is 10.1 Å². The third-order valence-corrected chi connectivity index (χ3v) is 5.28. The number of amides is 1. The summed E-state index contributed by atoms with van der Waals surface area (Å²) in [5.74, 6) is 1.18. The molecule has 0 aliphatic carbocycles. The van der Waals surface area contributed by atoms with E-state index >= 15 is 0 Å². The van der Waals surface area contributed by atoms with Crippen LogP contribution in [0.25, 0.3) is 0 Å². The molecule has 1 unspecified atom stereocenters. The third kappa shape index (κ3) is 5.67. The first-order chi connectivity index (χ1) is 13.4. The molecule has 0 saturated carbocycles. The van der Waals surface area contributed by atoms with E-state index in [2.05, 4.69) is 16.0 Å². The van der Waals surface area contributed by atoms with Crippen LogP contribution < -0.4 is 10.0 Å². The summed E-state index contributed by atoms with van der Waals surface area (Å²) in [6.07, 6.45) is 5.01. The number of sulfonamides is 1. The standard InChI is InChI=1S/C20H20N2O5S/c1-3-12-21-28(25,26)17-11-7-10-16(13-17)20(24)22-18(14-19(23)27-2)15-8-5-4-6-9-15/h1,4-11,13,18,21H,12,14H2,2H3,(H,22,24). The van der Waals surface area contributed by atoms with Crippen molar-refractivity contribution in [3.8, 4) is 12.3 Å². The molecule has 0 aromatic heterocycles. The Bertz CT molecular complexity index is 981. The SMILES string of the molecule is C#CCNS(=O)(=O)c1cccc(C(=O)NC(CC(=O)OC)c2ccccc2)c1. The minimum atomic E-state index is -3.83. The van der Waals surface area contributed by atoms with Crippen LogP contribution in [0.4, 0.5) is 0 Å². The zero-order valence-corrected chi connectivity index (χ0v) is 16.0. The number of hydrogen-bond acceptors (Lipinski definition) is 5. The molecule has 0 saturated heterocycles. The van der Waals surface area contributed by atoms with E-state index in [1.807, 2.05) is 6.07 Å². The number of benzene rings is 2. The van der Waals surface area contributed by atoms with Crippen LogP contribution in [0, 0.1) is 12.3 Å². The van der Waals surface area contributed by atoms with E-state index in [1.54, 1.807) is 24.3 Å². The first-order valence-corrected chi connectivity index (χ1v) is 9.81. The number of rotatable bonds is 8. The summed E-state index contributed by atoms with van der Waals surface area (Å²) in [5, 5.41) is 2.75. The van der Waals surface area contributed by atoms with E-state index in [0.29, 0.717) is 0 Å². The van der Waals surface area contributed by atoms with Gasteiger partial charge in [0.05, 0.1) is 31.0 Å². The molecule has 0 heterocycles. The zero-order valence-electron chi connectivity index (χ0n) is 15.2. The van der Waals surface area contributed by atoms with Crippen molar-refractivity contribution < 1.29 is 22.7 Å². The minimum absolute atomic E-state index is 0.0615. The predicted octanol–water partition coefficient (Wildman–Crippen LogP) is 1.63. The number of carbonyl (C=O) groups is 2. The van der Waals surface area contributed by atoms with Crippen LogP contribution >= 0.6 is 0 Å². The van der Waals surface area contributed by atoms with Gasteiger partial charge in [0.2, 0.25) is 10.0 Å². The lowest BCUT2D eigenvalue weighted by atomic mass is 10.0. The molecular weight excluding hydrogens is 380 g/mol. The van der Waals surface area contributed by atoms with Crippen molar-refractivity contribution in [1.82, 2.24) is 10.0 Å². The van der Waals surface area contributed by atoms with Gasteiger partial charge in [0.1, 0.15) is 0 Å². The van der Waals surface area contributed by atoms with E-state index in [-0.39, 0.29) is 23.4 Å². The molecular formula is C20H20N2O5S. The monoisotopic (exact) mass is 400 g/mol. The van der Waals surface area contributed by atoms with E-state index in [1.165, 1.54) is 31.4 Å². The molecule has 1 amide bonds. The van der Waals surface area contributed by atoms with Crippen molar-refractivity contribution in [1.29, 1.82) is 0 Å². The van der Waals surface area contributed by atoms with Gasteiger partial charge in [0.25, 0.3) is 5.91 Å². The van der Waals surface area contributed by atoms with Crippen LogP contribution in [0.2, 0.25) is 0 Å². The second-order valence-corrected chi connectivity index (χ2v) is 7.54. The molecule has 0 aliphatic heterocycles. The van der Waals surface area contributed by atoms with E-state index in [4.69, 9.17) is 11.2 Å². The molecule has 28 heavy (non-hydrogen) atoms. The van der Waals surface area contributed by atoms with Crippen molar-refractivity contribution in [2.24, 2.45) is 0 Å². The highest BCUT2D eigenvalue weighted by Gasteiger charge is 2.21. The second-order valence-electron chi connectivity index (χ2n) is 5.77. The number of hydrogen-bond donors (Lipinski definition) is 2. The number of ether oxygens (including phenoxy) is 1. The van der Waals surface area contributed by atoms with Crippen molar-refractivity contribution in [3.05, 3.63) is 65.7 Å². The molecule has 0 spiro atoms. The Labute approximate surface area is 164 Å². The van der Waals surface area contributed by atoms with Crippen molar-refractivity contribution in [2.45, 2.75) is 17.4 Å². The highest BCUT2D eigenvalue weighted by molar-refractivity contribution is 7.89. The lowest BCUT2D eigenvalue weighted by Gasteiger charge is -2.18. The predicted molar refractivity (Wildman–Crippen MR) is 104 cm³/mol. The third-order valence-electron chi connectivity index (χ3n) is 3.88. The summed E-state index contributed by atoms with van der Waals surface area (Å²) in [6.45, 7) is -0.159. The quantitative estimate of drug-likeness (QED) is 0.518. The first-order valence-electron chi connectivity index (χ1n) is 8.33. The normalized spacial score (nSPS) is 11.9. The van der Waals surface area contributed by atoms with Crippen LogP contribution in [0.15, 0.2) is 59.5 Å². The summed E-state index contributed by atoms with van der Waals surface area (Å²) in [6, 6.07) is 13.9. The molecule has 2 aromatic carbocycles. The van der Waals surface area contributed by atoms with Crippen molar-refractivity contribution >= 4 is 21.9 Å². The van der Waals surface area contributed by atoms with Gasteiger partial charge in [-0.1, -0.05) is 42.3 Å². The summed E-state index contributed by atoms with van der Waals surface area (Å²) in [5.41, 5.74) is 0.857. The van der Waals surface area contributed by atoms with Gasteiger partial charge in [-0.2, -0.15) is 4.72 Å². The zero-order chi connectivity index (χ0) is 20.6. The van der Waals surface area contributed by atoms with Crippen LogP contribution in [0.1, 0.15) is 28.4 Å². The summed E-state index contributed by atoms with van der Waals surface area (Å²) in [7, 11) is -2.56. The molecule has 1 atom stereocenters. The average Bonchev–Trinajstić information content (AvgIpc) is 2.72. The largest absolute Gasteiger partial charge is 0.469 e. The molecule has 0 fully saturated rings. The Balaban J connectivity index is 2.25. The molecule has 146 valence electrons. The van der Waals surface area contributed by atoms with E-state index < -0.39 is 27.9 Å². The maximum Gasteiger partial charge on any atom is 0.307 e. The van der Waals surface area contributed by atoms with Crippen LogP contribution in [0.3, 0.4) is 0 Å². The summed E-state index contributed by atoms with van der Waals surface area (Å²) in [4.78, 5) is 24.3. The van der Waals surface area contributed by atoms with E-state index in [0.717, 1.165) is 5.56 Å². The fourth-order valence-electron chi connectivity index (χ4n) is 2.45. The van der Waals surface area contributed by atoms with Gasteiger partial charge in [0, 0.05) is 5.56 Å². The number of methoxy groups -OCH3 is 1. The summed E-state index contributed by atoms with van der Waals surface area (Å²) >= 11 is 0. The molecule has 0 bridgehead atoms. The highest BCUT2D eigenvalue weighted by atomic mass is 32.2. The smallest absolute Gasteiger partial charge is 0.307 e. The fourth-order valence-corrected chi connectivity index (χ4v) is 3.43. The van der Waals surface area contributed by atoms with Gasteiger partial charge in [0.15, 0.2) is 0 Å². The van der Waals surface area contributed by atoms with Crippen LogP contribution in [-0.4, -0.2) is 33.9 Å². The van der Waals surface area contributed by atoms with Crippen LogP contribution in [-0.2, 0) is 19.6 Å². The first kappa shape index (κ1) is 21.2. The molecule has 8 heteroatoms. The number of carbonyl (C=O) groups excluding carboxylic acids is 2. The van der Waals surface area contributed by atoms with Gasteiger partial charge in [-0.3, -0.25) is 9.59 Å². The van der Waals surface area contributed by atoms with Crippen molar-refractivity contribution in [3.63, 3.8) is 0 Å².